The van der Waals surface area contributed by atoms with Gasteiger partial charge >= 0.3 is 5.97 Å². The number of aromatic nitrogens is 3. The van der Waals surface area contributed by atoms with Crippen molar-refractivity contribution < 1.29 is 18.7 Å². The number of alkyl halides is 1. The molecule has 0 aliphatic rings. The Labute approximate surface area is 135 Å². The Bertz CT molecular complexity index is 801. The second-order valence-corrected chi connectivity index (χ2v) is 5.82. The van der Waals surface area contributed by atoms with Gasteiger partial charge in [0.05, 0.1) is 19.2 Å². The van der Waals surface area contributed by atoms with Crippen LogP contribution in [0.1, 0.15) is 19.5 Å². The van der Waals surface area contributed by atoms with Gasteiger partial charge in [-0.05, 0) is 19.9 Å². The standard InChI is InChI=1S/C14H15ClFN3O4/c1-14(2,16)6-23-13-11-7(4-9(15)17-13)8(5-10(20)22-3)18-19-12(11)21/h4H,5-6H2,1-3H3,(H,19,21). The molecule has 0 saturated carbocycles. The number of aromatic amines is 1. The van der Waals surface area contributed by atoms with E-state index in [0.29, 0.717) is 5.39 Å². The van der Waals surface area contributed by atoms with E-state index in [-0.39, 0.29) is 35.1 Å². The van der Waals surface area contributed by atoms with Crippen molar-refractivity contribution in [3.63, 3.8) is 0 Å². The third kappa shape index (κ3) is 4.16. The van der Waals surface area contributed by atoms with Gasteiger partial charge in [0.1, 0.15) is 22.8 Å². The molecule has 2 heterocycles. The monoisotopic (exact) mass is 343 g/mol. The third-order valence-electron chi connectivity index (χ3n) is 2.88. The summed E-state index contributed by atoms with van der Waals surface area (Å²) < 4.78 is 23.5. The number of halogens is 2. The minimum Gasteiger partial charge on any atom is -0.474 e. The number of esters is 1. The highest BCUT2D eigenvalue weighted by Crippen LogP contribution is 2.26. The van der Waals surface area contributed by atoms with Gasteiger partial charge < -0.3 is 9.47 Å². The average molecular weight is 344 g/mol. The van der Waals surface area contributed by atoms with Crippen molar-refractivity contribution in [1.29, 1.82) is 0 Å². The van der Waals surface area contributed by atoms with Crippen LogP contribution in [0.3, 0.4) is 0 Å². The molecule has 0 aromatic carbocycles. The second-order valence-electron chi connectivity index (χ2n) is 5.43. The molecule has 0 amide bonds. The maximum Gasteiger partial charge on any atom is 0.311 e. The zero-order chi connectivity index (χ0) is 17.2. The predicted molar refractivity (Wildman–Crippen MR) is 81.6 cm³/mol. The van der Waals surface area contributed by atoms with E-state index >= 15 is 0 Å². The fourth-order valence-electron chi connectivity index (χ4n) is 1.86. The van der Waals surface area contributed by atoms with Crippen molar-refractivity contribution in [1.82, 2.24) is 15.2 Å². The lowest BCUT2D eigenvalue weighted by molar-refractivity contribution is -0.139. The largest absolute Gasteiger partial charge is 0.474 e. The first-order valence-corrected chi connectivity index (χ1v) is 7.05. The Kier molecular flexibility index (Phi) is 4.84. The molecule has 9 heteroatoms. The minimum absolute atomic E-state index is 0.0303. The smallest absolute Gasteiger partial charge is 0.311 e. The number of hydrogen-bond acceptors (Lipinski definition) is 6. The fourth-order valence-corrected chi connectivity index (χ4v) is 2.05. The number of nitrogens with one attached hydrogen (secondary N) is 1. The zero-order valence-corrected chi connectivity index (χ0v) is 13.5. The predicted octanol–water partition coefficient (Wildman–Crippen LogP) is 1.81. The summed E-state index contributed by atoms with van der Waals surface area (Å²) in [5.41, 5.74) is -1.95. The lowest BCUT2D eigenvalue weighted by Crippen LogP contribution is -2.24. The maximum absolute atomic E-state index is 13.6. The molecular weight excluding hydrogens is 329 g/mol. The van der Waals surface area contributed by atoms with Crippen LogP contribution in [0.2, 0.25) is 5.15 Å². The van der Waals surface area contributed by atoms with Crippen molar-refractivity contribution in [3.8, 4) is 5.88 Å². The van der Waals surface area contributed by atoms with Crippen molar-refractivity contribution >= 4 is 28.3 Å². The number of fused-ring (bicyclic) bond motifs is 1. The highest BCUT2D eigenvalue weighted by molar-refractivity contribution is 6.30. The quantitative estimate of drug-likeness (QED) is 0.657. The number of hydrogen-bond donors (Lipinski definition) is 1. The van der Waals surface area contributed by atoms with Crippen LogP contribution in [-0.4, -0.2) is 40.5 Å². The van der Waals surface area contributed by atoms with Gasteiger partial charge in [-0.2, -0.15) is 5.10 Å². The van der Waals surface area contributed by atoms with E-state index < -0.39 is 17.2 Å². The minimum atomic E-state index is -1.62. The van der Waals surface area contributed by atoms with Crippen LogP contribution in [0, 0.1) is 0 Å². The summed E-state index contributed by atoms with van der Waals surface area (Å²) in [4.78, 5) is 27.4. The SMILES string of the molecule is COC(=O)Cc1n[nH]c(=O)c2c(OCC(C)(C)F)nc(Cl)cc12. The summed E-state index contributed by atoms with van der Waals surface area (Å²) in [5, 5.41) is 6.47. The molecule has 0 radical (unpaired) electrons. The van der Waals surface area contributed by atoms with E-state index in [1.807, 2.05) is 0 Å². The number of rotatable bonds is 5. The van der Waals surface area contributed by atoms with Gasteiger partial charge in [0.25, 0.3) is 5.56 Å². The third-order valence-corrected chi connectivity index (χ3v) is 3.07. The van der Waals surface area contributed by atoms with Crippen LogP contribution >= 0.6 is 11.6 Å². The molecule has 0 aliphatic carbocycles. The molecule has 0 aliphatic heterocycles. The Morgan fingerprint density at radius 1 is 1.48 bits per heavy atom. The van der Waals surface area contributed by atoms with Gasteiger partial charge in [-0.3, -0.25) is 9.59 Å². The number of ether oxygens (including phenoxy) is 2. The van der Waals surface area contributed by atoms with Crippen LogP contribution in [0.4, 0.5) is 4.39 Å². The van der Waals surface area contributed by atoms with Gasteiger partial charge in [0.15, 0.2) is 0 Å². The number of H-pyrrole nitrogens is 1. The Morgan fingerprint density at radius 2 is 2.17 bits per heavy atom. The van der Waals surface area contributed by atoms with E-state index in [1.54, 1.807) is 0 Å². The van der Waals surface area contributed by atoms with Gasteiger partial charge in [0.2, 0.25) is 5.88 Å². The van der Waals surface area contributed by atoms with Crippen molar-refractivity contribution in [3.05, 3.63) is 27.3 Å². The van der Waals surface area contributed by atoms with Gasteiger partial charge in [-0.15, -0.1) is 0 Å². The summed E-state index contributed by atoms with van der Waals surface area (Å²) in [7, 11) is 1.24. The molecule has 2 aromatic heterocycles. The summed E-state index contributed by atoms with van der Waals surface area (Å²) in [6, 6.07) is 1.39. The Hall–Kier alpha value is -2.22. The molecule has 124 valence electrons. The first-order chi connectivity index (χ1) is 10.7. The van der Waals surface area contributed by atoms with Crippen molar-refractivity contribution in [2.24, 2.45) is 0 Å². The summed E-state index contributed by atoms with van der Waals surface area (Å²) in [6.07, 6.45) is -0.168. The van der Waals surface area contributed by atoms with Gasteiger partial charge in [-0.25, -0.2) is 14.5 Å². The molecule has 0 atom stereocenters. The van der Waals surface area contributed by atoms with Crippen LogP contribution in [0.5, 0.6) is 5.88 Å². The number of carbonyl (C=O) groups excluding carboxylic acids is 1. The van der Waals surface area contributed by atoms with E-state index in [4.69, 9.17) is 16.3 Å². The molecule has 0 bridgehead atoms. The molecule has 0 fully saturated rings. The molecule has 1 N–H and O–H groups in total. The molecule has 0 saturated heterocycles. The molecule has 0 spiro atoms. The van der Waals surface area contributed by atoms with Crippen LogP contribution in [-0.2, 0) is 16.0 Å². The highest BCUT2D eigenvalue weighted by Gasteiger charge is 2.21. The zero-order valence-electron chi connectivity index (χ0n) is 12.8. The van der Waals surface area contributed by atoms with Crippen LogP contribution in [0.15, 0.2) is 10.9 Å². The van der Waals surface area contributed by atoms with Crippen molar-refractivity contribution in [2.75, 3.05) is 13.7 Å². The number of nitrogens with zero attached hydrogens (tertiary/aromatic N) is 2. The summed E-state index contributed by atoms with van der Waals surface area (Å²) in [5.74, 6) is -0.654. The summed E-state index contributed by atoms with van der Waals surface area (Å²) in [6.45, 7) is 2.34. The number of pyridine rings is 1. The van der Waals surface area contributed by atoms with E-state index in [1.165, 1.54) is 27.0 Å². The first-order valence-electron chi connectivity index (χ1n) is 6.67. The maximum atomic E-state index is 13.6. The number of carbonyl (C=O) groups is 1. The Balaban J connectivity index is 2.58. The van der Waals surface area contributed by atoms with Gasteiger partial charge in [-0.1, -0.05) is 11.6 Å². The molecule has 2 aromatic rings. The summed E-state index contributed by atoms with van der Waals surface area (Å²) >= 11 is 5.93. The molecule has 2 rings (SSSR count). The molecule has 7 nitrogen and oxygen atoms in total. The van der Waals surface area contributed by atoms with Crippen LogP contribution in [0.25, 0.3) is 10.8 Å². The normalized spacial score (nSPS) is 11.5. The van der Waals surface area contributed by atoms with Crippen LogP contribution < -0.4 is 10.3 Å². The fraction of sp³-hybridized carbons (Fsp3) is 0.429. The lowest BCUT2D eigenvalue weighted by atomic mass is 10.1. The highest BCUT2D eigenvalue weighted by atomic mass is 35.5. The van der Waals surface area contributed by atoms with Crippen molar-refractivity contribution in [2.45, 2.75) is 25.9 Å². The number of methoxy groups -OCH3 is 1. The molecule has 0 unspecified atom stereocenters. The average Bonchev–Trinajstić information content (AvgIpc) is 2.46. The topological polar surface area (TPSA) is 94.2 Å². The second kappa shape index (κ2) is 6.49. The van der Waals surface area contributed by atoms with E-state index in [0.717, 1.165) is 0 Å². The van der Waals surface area contributed by atoms with Gasteiger partial charge in [0, 0.05) is 5.39 Å². The lowest BCUT2D eigenvalue weighted by Gasteiger charge is -2.16. The van der Waals surface area contributed by atoms with E-state index in [9.17, 15) is 14.0 Å². The first kappa shape index (κ1) is 17.1. The Morgan fingerprint density at radius 3 is 2.78 bits per heavy atom. The van der Waals surface area contributed by atoms with E-state index in [2.05, 4.69) is 19.9 Å². The molecular formula is C14H15ClFN3O4. The molecule has 23 heavy (non-hydrogen) atoms.